The Morgan fingerprint density at radius 2 is 1.95 bits per heavy atom. The van der Waals surface area contributed by atoms with E-state index in [1.807, 2.05) is 48.5 Å². The molecule has 2 heterocycles. The second-order valence-corrected chi connectivity index (χ2v) is 16.2. The van der Waals surface area contributed by atoms with Gasteiger partial charge in [0.1, 0.15) is 11.5 Å². The topological polar surface area (TPSA) is 111 Å². The average Bonchev–Trinajstić information content (AvgIpc) is 3.25. The smallest absolute Gasteiger partial charge is 0.407 e. The Bertz CT molecular complexity index is 1350. The molecule has 206 valence electrons. The molecule has 3 N–H and O–H groups in total. The molecule has 0 saturated heterocycles. The summed E-state index contributed by atoms with van der Waals surface area (Å²) in [5.41, 5.74) is 5.71. The van der Waals surface area contributed by atoms with Crippen molar-refractivity contribution in [2.75, 3.05) is 18.5 Å². The van der Waals surface area contributed by atoms with Crippen molar-refractivity contribution in [3.05, 3.63) is 71.0 Å². The van der Waals surface area contributed by atoms with E-state index in [0.717, 1.165) is 45.4 Å². The van der Waals surface area contributed by atoms with Crippen molar-refractivity contribution in [2.24, 2.45) is 0 Å². The maximum Gasteiger partial charge on any atom is 0.407 e. The van der Waals surface area contributed by atoms with Gasteiger partial charge in [-0.1, -0.05) is 32.9 Å². The third-order valence-electron chi connectivity index (χ3n) is 7.64. The molecule has 9 heteroatoms. The number of carboxylic acid groups (broad SMARTS) is 1. The number of hydrogen-bond donors (Lipinski definition) is 3. The second kappa shape index (κ2) is 11.5. The minimum absolute atomic E-state index is 0.126. The van der Waals surface area contributed by atoms with E-state index in [4.69, 9.17) is 9.16 Å². The summed E-state index contributed by atoms with van der Waals surface area (Å²) >= 11 is 0. The third kappa shape index (κ3) is 6.76. The maximum atomic E-state index is 11.4. The molecule has 4 rings (SSSR count). The van der Waals surface area contributed by atoms with Crippen LogP contribution in [0.4, 0.5) is 16.2 Å². The van der Waals surface area contributed by atoms with Crippen LogP contribution in [0.5, 0.6) is 11.5 Å². The molecule has 0 radical (unpaired) electrons. The van der Waals surface area contributed by atoms with Crippen LogP contribution in [0, 0.1) is 11.3 Å². The summed E-state index contributed by atoms with van der Waals surface area (Å²) in [6.07, 6.45) is 0.644. The van der Waals surface area contributed by atoms with E-state index in [1.165, 1.54) is 4.90 Å². The number of hydrogen-bond acceptors (Lipinski definition) is 5. The van der Waals surface area contributed by atoms with Gasteiger partial charge in [-0.3, -0.25) is 0 Å². The summed E-state index contributed by atoms with van der Waals surface area (Å²) in [6, 6.07) is 18.0. The Balaban J connectivity index is 1.43. The minimum atomic E-state index is -1.91. The number of nitrogens with zero attached hydrogens (tertiary/aromatic N) is 2. The Labute approximate surface area is 231 Å². The number of amides is 1. The number of aromatic nitrogens is 1. The molecular weight excluding hydrogens is 508 g/mol. The summed E-state index contributed by atoms with van der Waals surface area (Å²) in [7, 11) is -1.91. The Morgan fingerprint density at radius 3 is 2.62 bits per heavy atom. The van der Waals surface area contributed by atoms with Crippen LogP contribution in [0.15, 0.2) is 48.5 Å². The largest absolute Gasteiger partial charge is 0.544 e. The average molecular weight is 547 g/mol. The third-order valence-corrected chi connectivity index (χ3v) is 12.0. The van der Waals surface area contributed by atoms with Gasteiger partial charge in [0.2, 0.25) is 8.32 Å². The van der Waals surface area contributed by atoms with Crippen LogP contribution >= 0.6 is 0 Å². The highest BCUT2D eigenvalue weighted by Crippen LogP contribution is 2.37. The van der Waals surface area contributed by atoms with E-state index in [0.29, 0.717) is 39.0 Å². The lowest BCUT2D eigenvalue weighted by atomic mass is 9.99. The fraction of sp³-hybridized carbons (Fsp3) is 0.400. The normalized spacial score (nSPS) is 13.4. The number of ether oxygens (including phenoxy) is 1. The Hall–Kier alpha value is -3.90. The predicted molar refractivity (Wildman–Crippen MR) is 155 cm³/mol. The second-order valence-electron chi connectivity index (χ2n) is 11.5. The first-order valence-corrected chi connectivity index (χ1v) is 16.2. The van der Waals surface area contributed by atoms with Crippen molar-refractivity contribution in [3.63, 3.8) is 0 Å². The molecule has 1 aromatic heterocycles. The van der Waals surface area contributed by atoms with Crippen LogP contribution in [0.2, 0.25) is 18.1 Å². The van der Waals surface area contributed by atoms with E-state index in [1.54, 1.807) is 0 Å². The molecule has 1 amide bonds. The highest BCUT2D eigenvalue weighted by molar-refractivity contribution is 6.74. The number of H-pyrrole nitrogens is 1. The highest BCUT2D eigenvalue weighted by atomic mass is 28.4. The minimum Gasteiger partial charge on any atom is -0.544 e. The molecule has 0 bridgehead atoms. The summed E-state index contributed by atoms with van der Waals surface area (Å²) in [4.78, 5) is 16.2. The number of nitriles is 1. The van der Waals surface area contributed by atoms with Crippen LogP contribution in [0.25, 0.3) is 0 Å². The summed E-state index contributed by atoms with van der Waals surface area (Å²) < 4.78 is 12.6. The predicted octanol–water partition coefficient (Wildman–Crippen LogP) is 6.87. The standard InChI is InChI=1S/C30H38N4O4Si/c1-30(2,3)39(4,5)38-24-11-9-22(10-12-24)32-27-19-23(13-16-31)33-26(27)15-18-37-28-8-6-7-21-20-34(29(35)36)17-14-25(21)28/h6-12,19,32-33H,13-15,17-18,20H2,1-5H3,(H,35,36). The molecule has 1 aliphatic rings. The number of fused-ring (bicyclic) bond motifs is 1. The van der Waals surface area contributed by atoms with Gasteiger partial charge in [0.25, 0.3) is 0 Å². The molecule has 0 fully saturated rings. The zero-order valence-electron chi connectivity index (χ0n) is 23.4. The van der Waals surface area contributed by atoms with Gasteiger partial charge in [-0.2, -0.15) is 5.26 Å². The zero-order valence-corrected chi connectivity index (χ0v) is 24.4. The van der Waals surface area contributed by atoms with Crippen LogP contribution in [-0.4, -0.2) is 42.6 Å². The van der Waals surface area contributed by atoms with Crippen molar-refractivity contribution in [1.82, 2.24) is 9.88 Å². The number of benzene rings is 2. The molecule has 0 spiro atoms. The number of carbonyl (C=O) groups is 1. The zero-order chi connectivity index (χ0) is 28.2. The van der Waals surface area contributed by atoms with Crippen molar-refractivity contribution >= 4 is 25.8 Å². The molecule has 3 aromatic rings. The first kappa shape index (κ1) is 28.1. The van der Waals surface area contributed by atoms with Crippen LogP contribution in [-0.2, 0) is 25.8 Å². The first-order chi connectivity index (χ1) is 18.5. The van der Waals surface area contributed by atoms with Crippen molar-refractivity contribution in [2.45, 2.75) is 64.7 Å². The van der Waals surface area contributed by atoms with Gasteiger partial charge in [-0.05, 0) is 66.5 Å². The van der Waals surface area contributed by atoms with E-state index in [-0.39, 0.29) is 5.04 Å². The van der Waals surface area contributed by atoms with Gasteiger partial charge in [-0.15, -0.1) is 0 Å². The van der Waals surface area contributed by atoms with Gasteiger partial charge in [-0.25, -0.2) is 4.79 Å². The van der Waals surface area contributed by atoms with Gasteiger partial charge < -0.3 is 29.5 Å². The number of rotatable bonds is 9. The lowest BCUT2D eigenvalue weighted by molar-refractivity contribution is 0.139. The fourth-order valence-electron chi connectivity index (χ4n) is 4.39. The van der Waals surface area contributed by atoms with Crippen molar-refractivity contribution < 1.29 is 19.1 Å². The molecule has 8 nitrogen and oxygen atoms in total. The molecule has 0 aliphatic carbocycles. The summed E-state index contributed by atoms with van der Waals surface area (Å²) in [6.45, 7) is 12.4. The summed E-state index contributed by atoms with van der Waals surface area (Å²) in [5, 5.41) is 22.1. The molecule has 0 unspecified atom stereocenters. The van der Waals surface area contributed by atoms with E-state index in [9.17, 15) is 15.2 Å². The molecule has 0 saturated carbocycles. The summed E-state index contributed by atoms with van der Waals surface area (Å²) in [5.74, 6) is 1.67. The van der Waals surface area contributed by atoms with Crippen molar-refractivity contribution in [1.29, 1.82) is 5.26 Å². The molecule has 2 aromatic carbocycles. The van der Waals surface area contributed by atoms with E-state index < -0.39 is 14.4 Å². The SMILES string of the molecule is CC(C)(C)[Si](C)(C)Oc1ccc(Nc2cc(CC#N)[nH]c2CCOc2cccc3c2CCN(C(=O)O)C3)cc1. The quantitative estimate of drug-likeness (QED) is 0.253. The maximum absolute atomic E-state index is 11.4. The number of anilines is 2. The van der Waals surface area contributed by atoms with Crippen LogP contribution in [0.1, 0.15) is 43.3 Å². The fourth-order valence-corrected chi connectivity index (χ4v) is 5.42. The molecule has 0 atom stereocenters. The van der Waals surface area contributed by atoms with Gasteiger partial charge >= 0.3 is 6.09 Å². The molecular formula is C30H38N4O4Si. The lowest BCUT2D eigenvalue weighted by Crippen LogP contribution is -2.43. The Kier molecular flexibility index (Phi) is 8.26. The highest BCUT2D eigenvalue weighted by Gasteiger charge is 2.38. The number of aromatic amines is 1. The first-order valence-electron chi connectivity index (χ1n) is 13.3. The lowest BCUT2D eigenvalue weighted by Gasteiger charge is -2.36. The van der Waals surface area contributed by atoms with Crippen LogP contribution in [0.3, 0.4) is 0 Å². The monoisotopic (exact) mass is 546 g/mol. The van der Waals surface area contributed by atoms with Crippen molar-refractivity contribution in [3.8, 4) is 17.6 Å². The van der Waals surface area contributed by atoms with Crippen LogP contribution < -0.4 is 14.5 Å². The molecule has 1 aliphatic heterocycles. The van der Waals surface area contributed by atoms with Gasteiger partial charge in [0.05, 0.1) is 24.8 Å². The Morgan fingerprint density at radius 1 is 1.21 bits per heavy atom. The molecule has 39 heavy (non-hydrogen) atoms. The van der Waals surface area contributed by atoms with Gasteiger partial charge in [0.15, 0.2) is 0 Å². The van der Waals surface area contributed by atoms with E-state index in [2.05, 4.69) is 50.2 Å². The number of nitrogens with one attached hydrogen (secondary N) is 2. The van der Waals surface area contributed by atoms with Gasteiger partial charge in [0, 0.05) is 42.1 Å². The van der Waals surface area contributed by atoms with E-state index >= 15 is 0 Å².